The highest BCUT2D eigenvalue weighted by Crippen LogP contribution is 2.25. The number of carboxylic acid groups (broad SMARTS) is 1. The van der Waals surface area contributed by atoms with Gasteiger partial charge in [-0.25, -0.2) is 9.48 Å². The van der Waals surface area contributed by atoms with Crippen LogP contribution in [-0.4, -0.2) is 28.0 Å². The Bertz CT molecular complexity index is 590. The van der Waals surface area contributed by atoms with E-state index in [2.05, 4.69) is 5.10 Å². The summed E-state index contributed by atoms with van der Waals surface area (Å²) in [7, 11) is 1.58. The second-order valence-corrected chi connectivity index (χ2v) is 4.14. The number of methoxy groups -OCH3 is 1. The van der Waals surface area contributed by atoms with Crippen molar-refractivity contribution >= 4 is 5.97 Å². The number of hydrogen-bond donors (Lipinski definition) is 1. The van der Waals surface area contributed by atoms with Crippen LogP contribution in [0.15, 0.2) is 30.5 Å². The van der Waals surface area contributed by atoms with Crippen molar-refractivity contribution < 1.29 is 14.6 Å². The lowest BCUT2D eigenvalue weighted by atomic mass is 10.1. The molecule has 2 aromatic rings. The molecule has 100 valence electrons. The summed E-state index contributed by atoms with van der Waals surface area (Å²) in [6, 6.07) is 7.42. The fourth-order valence-corrected chi connectivity index (χ4v) is 2.04. The van der Waals surface area contributed by atoms with E-state index in [-0.39, 0.29) is 5.56 Å². The molecule has 0 radical (unpaired) electrons. The lowest BCUT2D eigenvalue weighted by Crippen LogP contribution is -2.07. The minimum atomic E-state index is -0.954. The van der Waals surface area contributed by atoms with Gasteiger partial charge in [-0.1, -0.05) is 25.5 Å². The molecular formula is C14H16N2O3. The maximum absolute atomic E-state index is 11.2. The zero-order valence-corrected chi connectivity index (χ0v) is 11.0. The van der Waals surface area contributed by atoms with Gasteiger partial charge in [-0.3, -0.25) is 0 Å². The third-order valence-corrected chi connectivity index (χ3v) is 2.90. The van der Waals surface area contributed by atoms with Gasteiger partial charge in [0, 0.05) is 0 Å². The van der Waals surface area contributed by atoms with Gasteiger partial charge in [0.25, 0.3) is 0 Å². The van der Waals surface area contributed by atoms with Crippen molar-refractivity contribution in [2.75, 3.05) is 7.11 Å². The Kier molecular flexibility index (Phi) is 3.85. The summed E-state index contributed by atoms with van der Waals surface area (Å²) < 4.78 is 6.94. The van der Waals surface area contributed by atoms with E-state index in [1.54, 1.807) is 11.8 Å². The summed E-state index contributed by atoms with van der Waals surface area (Å²) in [5.74, 6) is -0.288. The fraction of sp³-hybridized carbons (Fsp3) is 0.286. The van der Waals surface area contributed by atoms with Crippen LogP contribution in [0.5, 0.6) is 5.75 Å². The topological polar surface area (TPSA) is 64.3 Å². The van der Waals surface area contributed by atoms with Crippen molar-refractivity contribution in [1.82, 2.24) is 9.78 Å². The van der Waals surface area contributed by atoms with Crippen LogP contribution < -0.4 is 4.74 Å². The average Bonchev–Trinajstić information content (AvgIpc) is 2.83. The molecule has 0 spiro atoms. The molecule has 1 aromatic carbocycles. The third-order valence-electron chi connectivity index (χ3n) is 2.90. The predicted molar refractivity (Wildman–Crippen MR) is 71.1 cm³/mol. The number of hydrogen-bond acceptors (Lipinski definition) is 3. The molecule has 1 heterocycles. The van der Waals surface area contributed by atoms with Crippen LogP contribution >= 0.6 is 0 Å². The van der Waals surface area contributed by atoms with Gasteiger partial charge in [-0.05, 0) is 18.6 Å². The SMILES string of the molecule is CCCc1c(C(=O)O)cnn1-c1ccccc1OC. The van der Waals surface area contributed by atoms with Gasteiger partial charge in [0.2, 0.25) is 0 Å². The number of carbonyl (C=O) groups is 1. The molecule has 2 rings (SSSR count). The molecule has 19 heavy (non-hydrogen) atoms. The quantitative estimate of drug-likeness (QED) is 0.897. The molecule has 1 aromatic heterocycles. The van der Waals surface area contributed by atoms with Gasteiger partial charge in [0.1, 0.15) is 17.0 Å². The van der Waals surface area contributed by atoms with Crippen molar-refractivity contribution in [3.63, 3.8) is 0 Å². The Balaban J connectivity index is 2.58. The number of para-hydroxylation sites is 2. The summed E-state index contributed by atoms with van der Waals surface area (Å²) in [4.78, 5) is 11.2. The number of benzene rings is 1. The first-order chi connectivity index (χ1) is 9.19. The molecule has 0 fully saturated rings. The standard InChI is InChI=1S/C14H16N2O3/c1-3-6-11-10(14(17)18)9-15-16(11)12-7-4-5-8-13(12)19-2/h4-5,7-9H,3,6H2,1-2H3,(H,17,18). The lowest BCUT2D eigenvalue weighted by molar-refractivity contribution is 0.0695. The third kappa shape index (κ3) is 2.45. The van der Waals surface area contributed by atoms with Crippen LogP contribution in [0.3, 0.4) is 0 Å². The van der Waals surface area contributed by atoms with Crippen molar-refractivity contribution in [2.24, 2.45) is 0 Å². The van der Waals surface area contributed by atoms with Crippen LogP contribution in [0.4, 0.5) is 0 Å². The van der Waals surface area contributed by atoms with Gasteiger partial charge in [0.15, 0.2) is 0 Å². The van der Waals surface area contributed by atoms with E-state index in [1.807, 2.05) is 31.2 Å². The van der Waals surface area contributed by atoms with Crippen LogP contribution in [0.2, 0.25) is 0 Å². The molecule has 0 aliphatic rings. The van der Waals surface area contributed by atoms with Gasteiger partial charge in [-0.2, -0.15) is 5.10 Å². The maximum Gasteiger partial charge on any atom is 0.339 e. The van der Waals surface area contributed by atoms with Crippen LogP contribution in [0.1, 0.15) is 29.4 Å². The summed E-state index contributed by atoms with van der Waals surface area (Å²) in [5.41, 5.74) is 1.69. The molecule has 5 heteroatoms. The van der Waals surface area contributed by atoms with Crippen molar-refractivity contribution in [1.29, 1.82) is 0 Å². The van der Waals surface area contributed by atoms with Crippen LogP contribution in [0, 0.1) is 0 Å². The monoisotopic (exact) mass is 260 g/mol. The maximum atomic E-state index is 11.2. The lowest BCUT2D eigenvalue weighted by Gasteiger charge is -2.11. The highest BCUT2D eigenvalue weighted by atomic mass is 16.5. The molecule has 0 aliphatic heterocycles. The number of aromatic nitrogens is 2. The van der Waals surface area contributed by atoms with Gasteiger partial charge in [0.05, 0.1) is 19.0 Å². The number of rotatable bonds is 5. The molecule has 1 N–H and O–H groups in total. The largest absolute Gasteiger partial charge is 0.494 e. The number of nitrogens with zero attached hydrogens (tertiary/aromatic N) is 2. The van der Waals surface area contributed by atoms with E-state index in [1.165, 1.54) is 6.20 Å². The second-order valence-electron chi connectivity index (χ2n) is 4.14. The van der Waals surface area contributed by atoms with Gasteiger partial charge < -0.3 is 9.84 Å². The predicted octanol–water partition coefficient (Wildman–Crippen LogP) is 2.53. The minimum absolute atomic E-state index is 0.243. The molecule has 0 bridgehead atoms. The Morgan fingerprint density at radius 2 is 2.16 bits per heavy atom. The molecule has 5 nitrogen and oxygen atoms in total. The smallest absolute Gasteiger partial charge is 0.339 e. The molecule has 0 amide bonds. The zero-order valence-electron chi connectivity index (χ0n) is 11.0. The van der Waals surface area contributed by atoms with E-state index >= 15 is 0 Å². The molecule has 0 saturated carbocycles. The molecule has 0 atom stereocenters. The van der Waals surface area contributed by atoms with Gasteiger partial charge >= 0.3 is 5.97 Å². The Hall–Kier alpha value is -2.30. The van der Waals surface area contributed by atoms with E-state index in [0.717, 1.165) is 12.1 Å². The van der Waals surface area contributed by atoms with E-state index < -0.39 is 5.97 Å². The van der Waals surface area contributed by atoms with E-state index in [0.29, 0.717) is 17.9 Å². The number of aromatic carboxylic acids is 1. The summed E-state index contributed by atoms with van der Waals surface area (Å²) in [5, 5.41) is 13.4. The van der Waals surface area contributed by atoms with Crippen molar-refractivity contribution in [3.8, 4) is 11.4 Å². The first-order valence-corrected chi connectivity index (χ1v) is 6.12. The Morgan fingerprint density at radius 3 is 2.79 bits per heavy atom. The highest BCUT2D eigenvalue weighted by molar-refractivity contribution is 5.88. The van der Waals surface area contributed by atoms with E-state index in [4.69, 9.17) is 4.74 Å². The molecule has 0 unspecified atom stereocenters. The Labute approximate surface area is 111 Å². The van der Waals surface area contributed by atoms with E-state index in [9.17, 15) is 9.90 Å². The summed E-state index contributed by atoms with van der Waals surface area (Å²) in [6.45, 7) is 2.01. The van der Waals surface area contributed by atoms with Crippen molar-refractivity contribution in [3.05, 3.63) is 41.7 Å². The average molecular weight is 260 g/mol. The first kappa shape index (κ1) is 13.1. The fourth-order valence-electron chi connectivity index (χ4n) is 2.04. The number of ether oxygens (including phenoxy) is 1. The summed E-state index contributed by atoms with van der Waals surface area (Å²) in [6.07, 6.45) is 2.89. The molecular weight excluding hydrogens is 244 g/mol. The first-order valence-electron chi connectivity index (χ1n) is 6.12. The molecule has 0 saturated heterocycles. The normalized spacial score (nSPS) is 10.4. The van der Waals surface area contributed by atoms with Gasteiger partial charge in [-0.15, -0.1) is 0 Å². The van der Waals surface area contributed by atoms with Crippen molar-refractivity contribution in [2.45, 2.75) is 19.8 Å². The second kappa shape index (κ2) is 5.56. The Morgan fingerprint density at radius 1 is 1.42 bits per heavy atom. The number of carboxylic acids is 1. The van der Waals surface area contributed by atoms with Crippen LogP contribution in [-0.2, 0) is 6.42 Å². The highest BCUT2D eigenvalue weighted by Gasteiger charge is 2.18. The minimum Gasteiger partial charge on any atom is -0.494 e. The zero-order chi connectivity index (χ0) is 13.8. The summed E-state index contributed by atoms with van der Waals surface area (Å²) >= 11 is 0. The van der Waals surface area contributed by atoms with Crippen LogP contribution in [0.25, 0.3) is 5.69 Å². The molecule has 0 aliphatic carbocycles.